The number of nitrogens with one attached hydrogen (secondary N) is 2. The third kappa shape index (κ3) is 7.63. The van der Waals surface area contributed by atoms with E-state index < -0.39 is 11.6 Å². The predicted octanol–water partition coefficient (Wildman–Crippen LogP) is 7.54. The highest BCUT2D eigenvalue weighted by atomic mass is 79.9. The van der Waals surface area contributed by atoms with Gasteiger partial charge in [-0.3, -0.25) is 10.2 Å². The molecule has 1 amide bonds. The summed E-state index contributed by atoms with van der Waals surface area (Å²) in [7, 11) is 0. The Bertz CT molecular complexity index is 1850. The lowest BCUT2D eigenvalue weighted by molar-refractivity contribution is -0.129. The highest BCUT2D eigenvalue weighted by Gasteiger charge is 2.52. The zero-order valence-corrected chi connectivity index (χ0v) is 27.4. The van der Waals surface area contributed by atoms with Crippen molar-refractivity contribution in [1.29, 1.82) is 0 Å². The SMILES string of the molecule is O=C(NNCc1cccc2ccccc12)[C@@]1(C/C=C/c2ccccc2)N=C(c2ccc(OCCCO)cc2)O[C@H]1c1ccc(Br)cc1. The Morgan fingerprint density at radius 2 is 1.66 bits per heavy atom. The fourth-order valence-electron chi connectivity index (χ4n) is 5.67. The van der Waals surface area contributed by atoms with Crippen LogP contribution in [0.4, 0.5) is 0 Å². The van der Waals surface area contributed by atoms with E-state index in [0.29, 0.717) is 31.2 Å². The maximum Gasteiger partial charge on any atom is 0.266 e. The molecule has 0 unspecified atom stereocenters. The number of benzene rings is 5. The van der Waals surface area contributed by atoms with Crippen LogP contribution in [0.3, 0.4) is 0 Å². The van der Waals surface area contributed by atoms with Crippen LogP contribution in [0, 0.1) is 0 Å². The van der Waals surface area contributed by atoms with Crippen LogP contribution < -0.4 is 15.6 Å². The summed E-state index contributed by atoms with van der Waals surface area (Å²) in [5.41, 5.74) is 8.50. The molecule has 3 N–H and O–H groups in total. The second-order valence-electron chi connectivity index (χ2n) is 11.3. The molecule has 0 fully saturated rings. The maximum absolute atomic E-state index is 14.4. The van der Waals surface area contributed by atoms with E-state index in [4.69, 9.17) is 19.6 Å². The van der Waals surface area contributed by atoms with Crippen LogP contribution in [0.5, 0.6) is 5.75 Å². The van der Waals surface area contributed by atoms with Crippen LogP contribution in [-0.4, -0.2) is 35.7 Å². The molecule has 1 heterocycles. The maximum atomic E-state index is 14.4. The molecule has 0 saturated heterocycles. The lowest BCUT2D eigenvalue weighted by Crippen LogP contribution is -2.52. The minimum absolute atomic E-state index is 0.0693. The van der Waals surface area contributed by atoms with Gasteiger partial charge in [0.15, 0.2) is 11.6 Å². The van der Waals surface area contributed by atoms with Gasteiger partial charge in [0.25, 0.3) is 5.91 Å². The van der Waals surface area contributed by atoms with E-state index in [2.05, 4.69) is 51.0 Å². The van der Waals surface area contributed by atoms with Gasteiger partial charge in [0.2, 0.25) is 5.90 Å². The first kappa shape index (κ1) is 32.2. The first-order valence-electron chi connectivity index (χ1n) is 15.6. The number of halogens is 1. The molecule has 0 aromatic heterocycles. The van der Waals surface area contributed by atoms with Gasteiger partial charge in [-0.25, -0.2) is 10.4 Å². The van der Waals surface area contributed by atoms with Gasteiger partial charge >= 0.3 is 0 Å². The van der Waals surface area contributed by atoms with Gasteiger partial charge in [0.1, 0.15) is 5.75 Å². The van der Waals surface area contributed by atoms with Gasteiger partial charge in [-0.2, -0.15) is 0 Å². The topological polar surface area (TPSA) is 92.2 Å². The van der Waals surface area contributed by atoms with E-state index in [0.717, 1.165) is 37.5 Å². The Morgan fingerprint density at radius 1 is 0.915 bits per heavy atom. The van der Waals surface area contributed by atoms with Crippen LogP contribution in [0.15, 0.2) is 137 Å². The van der Waals surface area contributed by atoms with Crippen molar-refractivity contribution in [2.45, 2.75) is 31.0 Å². The number of hydrogen-bond donors (Lipinski definition) is 3. The van der Waals surface area contributed by atoms with E-state index in [-0.39, 0.29) is 18.9 Å². The number of aliphatic hydroxyl groups excluding tert-OH is 1. The quantitative estimate of drug-likeness (QED) is 0.0878. The lowest BCUT2D eigenvalue weighted by Gasteiger charge is -2.30. The first-order chi connectivity index (χ1) is 23.1. The third-order valence-electron chi connectivity index (χ3n) is 8.10. The molecule has 5 aromatic carbocycles. The molecule has 2 atom stereocenters. The molecule has 47 heavy (non-hydrogen) atoms. The van der Waals surface area contributed by atoms with E-state index in [1.165, 1.54) is 0 Å². The summed E-state index contributed by atoms with van der Waals surface area (Å²) < 4.78 is 13.3. The summed E-state index contributed by atoms with van der Waals surface area (Å²) in [4.78, 5) is 19.5. The normalized spacial score (nSPS) is 17.4. The number of fused-ring (bicyclic) bond motifs is 1. The molecular weight excluding hydrogens is 654 g/mol. The molecule has 238 valence electrons. The number of rotatable bonds is 13. The van der Waals surface area contributed by atoms with E-state index in [1.807, 2.05) is 109 Å². The van der Waals surface area contributed by atoms with Crippen LogP contribution in [-0.2, 0) is 16.1 Å². The number of ether oxygens (including phenoxy) is 2. The molecule has 7 nitrogen and oxygen atoms in total. The smallest absolute Gasteiger partial charge is 0.266 e. The van der Waals surface area contributed by atoms with Crippen molar-refractivity contribution in [3.05, 3.63) is 154 Å². The molecule has 5 aromatic rings. The van der Waals surface area contributed by atoms with Crippen molar-refractivity contribution in [2.75, 3.05) is 13.2 Å². The number of amides is 1. The Kier molecular flexibility index (Phi) is 10.4. The van der Waals surface area contributed by atoms with Crippen LogP contribution in [0.1, 0.15) is 41.2 Å². The highest BCUT2D eigenvalue weighted by molar-refractivity contribution is 9.10. The molecule has 0 radical (unpaired) electrons. The van der Waals surface area contributed by atoms with Gasteiger partial charge in [-0.05, 0) is 63.9 Å². The average Bonchev–Trinajstić information content (AvgIpc) is 3.50. The molecule has 0 saturated carbocycles. The molecule has 0 aliphatic carbocycles. The van der Waals surface area contributed by atoms with Crippen LogP contribution >= 0.6 is 15.9 Å². The highest BCUT2D eigenvalue weighted by Crippen LogP contribution is 2.43. The Hall–Kier alpha value is -4.76. The number of carbonyl (C=O) groups is 1. The second kappa shape index (κ2) is 15.2. The molecule has 0 spiro atoms. The monoisotopic (exact) mass is 689 g/mol. The lowest BCUT2D eigenvalue weighted by atomic mass is 9.84. The minimum atomic E-state index is -1.32. The summed E-state index contributed by atoms with van der Waals surface area (Å²) >= 11 is 3.53. The Labute approximate surface area is 283 Å². The molecule has 1 aliphatic heterocycles. The van der Waals surface area contributed by atoms with Gasteiger partial charge < -0.3 is 14.6 Å². The number of aliphatic hydroxyl groups is 1. The number of hydrazine groups is 1. The zero-order chi connectivity index (χ0) is 32.5. The third-order valence-corrected chi connectivity index (χ3v) is 8.63. The van der Waals surface area contributed by atoms with Crippen molar-refractivity contribution in [1.82, 2.24) is 10.9 Å². The second-order valence-corrected chi connectivity index (χ2v) is 12.2. The summed E-state index contributed by atoms with van der Waals surface area (Å²) in [6.45, 7) is 0.919. The van der Waals surface area contributed by atoms with Gasteiger partial charge in [0.05, 0.1) is 6.61 Å². The van der Waals surface area contributed by atoms with Gasteiger partial charge in [0, 0.05) is 36.0 Å². The predicted molar refractivity (Wildman–Crippen MR) is 190 cm³/mol. The van der Waals surface area contributed by atoms with Crippen molar-refractivity contribution in [2.24, 2.45) is 4.99 Å². The average molecular weight is 691 g/mol. The van der Waals surface area contributed by atoms with E-state index >= 15 is 0 Å². The summed E-state index contributed by atoms with van der Waals surface area (Å²) in [6, 6.07) is 39.5. The van der Waals surface area contributed by atoms with Crippen LogP contribution in [0.25, 0.3) is 16.8 Å². The first-order valence-corrected chi connectivity index (χ1v) is 16.4. The molecule has 1 aliphatic rings. The summed E-state index contributed by atoms with van der Waals surface area (Å²) in [5.74, 6) is 0.747. The van der Waals surface area contributed by atoms with Crippen LogP contribution in [0.2, 0.25) is 0 Å². The zero-order valence-electron chi connectivity index (χ0n) is 25.8. The standard InChI is InChI=1S/C39H36BrN3O4/c40-33-20-16-30(17-21-33)36-39(24-7-11-28-9-2-1-3-10-28,42-37(47-36)31-18-22-34(23-19-31)46-26-8-25-44)38(45)43-41-27-32-14-6-13-29-12-4-5-15-35(29)32/h1-7,9-23,36,41,44H,8,24-27H2,(H,43,45)/b11-7+/t36-,39-/m0/s1. The minimum Gasteiger partial charge on any atom is -0.494 e. The Balaban J connectivity index is 1.33. The van der Waals surface area contributed by atoms with Gasteiger partial charge in [-0.15, -0.1) is 0 Å². The number of carbonyl (C=O) groups excluding carboxylic acids is 1. The summed E-state index contributed by atoms with van der Waals surface area (Å²) in [6.07, 6.45) is 4.12. The van der Waals surface area contributed by atoms with E-state index in [1.54, 1.807) is 0 Å². The van der Waals surface area contributed by atoms with Gasteiger partial charge in [-0.1, -0.05) is 113 Å². The summed E-state index contributed by atoms with van der Waals surface area (Å²) in [5, 5.41) is 11.3. The fraction of sp³-hybridized carbons (Fsp3) is 0.179. The molecule has 6 rings (SSSR count). The molecule has 0 bridgehead atoms. The largest absolute Gasteiger partial charge is 0.494 e. The van der Waals surface area contributed by atoms with Crippen molar-refractivity contribution in [3.8, 4) is 5.75 Å². The molecule has 8 heteroatoms. The Morgan fingerprint density at radius 3 is 2.45 bits per heavy atom. The van der Waals surface area contributed by atoms with Crippen molar-refractivity contribution in [3.63, 3.8) is 0 Å². The van der Waals surface area contributed by atoms with Crippen molar-refractivity contribution < 1.29 is 19.4 Å². The fourth-order valence-corrected chi connectivity index (χ4v) is 5.93. The number of aliphatic imine (C=N–C) groups is 1. The number of hydrogen-bond acceptors (Lipinski definition) is 6. The van der Waals surface area contributed by atoms with Crippen molar-refractivity contribution >= 4 is 44.6 Å². The molecular formula is C39H36BrN3O4. The number of nitrogens with zero attached hydrogens (tertiary/aromatic N) is 1. The van der Waals surface area contributed by atoms with E-state index in [9.17, 15) is 4.79 Å².